The van der Waals surface area contributed by atoms with Crippen molar-refractivity contribution in [3.8, 4) is 11.5 Å². The van der Waals surface area contributed by atoms with Gasteiger partial charge in [0.05, 0.1) is 19.9 Å². The molecule has 0 saturated carbocycles. The van der Waals surface area contributed by atoms with Gasteiger partial charge in [-0.15, -0.1) is 0 Å². The predicted molar refractivity (Wildman–Crippen MR) is 93.9 cm³/mol. The zero-order chi connectivity index (χ0) is 18.9. The predicted octanol–water partition coefficient (Wildman–Crippen LogP) is 2.96. The van der Waals surface area contributed by atoms with Gasteiger partial charge >= 0.3 is 5.97 Å². The van der Waals surface area contributed by atoms with Crippen LogP contribution in [-0.4, -0.2) is 32.7 Å². The van der Waals surface area contributed by atoms with Crippen molar-refractivity contribution in [2.24, 2.45) is 0 Å². The average Bonchev–Trinajstić information content (AvgIpc) is 2.66. The molecule has 0 saturated heterocycles. The number of anilines is 1. The Morgan fingerprint density at radius 2 is 1.77 bits per heavy atom. The molecule has 7 heteroatoms. The van der Waals surface area contributed by atoms with E-state index in [1.807, 2.05) is 0 Å². The molecule has 0 radical (unpaired) electrons. The summed E-state index contributed by atoms with van der Waals surface area (Å²) in [6.07, 6.45) is 0.512. The maximum atomic E-state index is 12.8. The Morgan fingerprint density at radius 1 is 1.04 bits per heavy atom. The number of hydrogen-bond donors (Lipinski definition) is 1. The van der Waals surface area contributed by atoms with Gasteiger partial charge < -0.3 is 19.5 Å². The van der Waals surface area contributed by atoms with Crippen molar-refractivity contribution in [2.75, 3.05) is 26.1 Å². The summed E-state index contributed by atoms with van der Waals surface area (Å²) < 4.78 is 28.0. The molecule has 2 rings (SSSR count). The molecule has 6 nitrogen and oxygen atoms in total. The number of esters is 1. The van der Waals surface area contributed by atoms with Gasteiger partial charge in [-0.1, -0.05) is 12.1 Å². The third-order valence-corrected chi connectivity index (χ3v) is 3.58. The number of nitrogens with one attached hydrogen (secondary N) is 1. The number of halogens is 1. The molecule has 0 unspecified atom stereocenters. The number of benzene rings is 2. The van der Waals surface area contributed by atoms with Crippen molar-refractivity contribution < 1.29 is 28.2 Å². The molecule has 1 N–H and O–H groups in total. The van der Waals surface area contributed by atoms with Gasteiger partial charge in [0.15, 0.2) is 6.61 Å². The Labute approximate surface area is 150 Å². The van der Waals surface area contributed by atoms with Crippen molar-refractivity contribution >= 4 is 17.6 Å². The Kier molecular flexibility index (Phi) is 6.96. The van der Waals surface area contributed by atoms with E-state index in [1.54, 1.807) is 30.3 Å². The maximum Gasteiger partial charge on any atom is 0.306 e. The average molecular weight is 361 g/mol. The number of methoxy groups -OCH3 is 2. The number of rotatable bonds is 8. The van der Waals surface area contributed by atoms with Gasteiger partial charge in [-0.2, -0.15) is 0 Å². The SMILES string of the molecule is COc1ccc(NC(=O)COC(=O)CCc2ccc(F)cc2)c(OC)c1. The molecule has 0 heterocycles. The lowest BCUT2D eigenvalue weighted by atomic mass is 10.1. The van der Waals surface area contributed by atoms with E-state index in [9.17, 15) is 14.0 Å². The van der Waals surface area contributed by atoms with Crippen LogP contribution in [0.5, 0.6) is 11.5 Å². The lowest BCUT2D eigenvalue weighted by Crippen LogP contribution is -2.21. The van der Waals surface area contributed by atoms with Crippen molar-refractivity contribution in [3.05, 3.63) is 53.8 Å². The molecule has 0 aliphatic rings. The summed E-state index contributed by atoms with van der Waals surface area (Å²) in [6, 6.07) is 10.8. The van der Waals surface area contributed by atoms with Gasteiger partial charge in [0.1, 0.15) is 17.3 Å². The second-order valence-corrected chi connectivity index (χ2v) is 5.40. The molecule has 0 aliphatic carbocycles. The van der Waals surface area contributed by atoms with Crippen LogP contribution < -0.4 is 14.8 Å². The third kappa shape index (κ3) is 5.77. The summed E-state index contributed by atoms with van der Waals surface area (Å²) in [5.74, 6) is -0.302. The van der Waals surface area contributed by atoms with E-state index in [4.69, 9.17) is 14.2 Å². The highest BCUT2D eigenvalue weighted by Crippen LogP contribution is 2.28. The van der Waals surface area contributed by atoms with Crippen molar-refractivity contribution in [3.63, 3.8) is 0 Å². The van der Waals surface area contributed by atoms with E-state index in [1.165, 1.54) is 26.4 Å². The van der Waals surface area contributed by atoms with Gasteiger partial charge in [0, 0.05) is 12.5 Å². The smallest absolute Gasteiger partial charge is 0.306 e. The molecule has 138 valence electrons. The maximum absolute atomic E-state index is 12.8. The summed E-state index contributed by atoms with van der Waals surface area (Å²) in [5, 5.41) is 2.61. The minimum atomic E-state index is -0.508. The van der Waals surface area contributed by atoms with Crippen LogP contribution in [0.4, 0.5) is 10.1 Å². The Bertz CT molecular complexity index is 761. The molecule has 0 bridgehead atoms. The number of aryl methyl sites for hydroxylation is 1. The Hall–Kier alpha value is -3.09. The first-order chi connectivity index (χ1) is 12.5. The number of carbonyl (C=O) groups is 2. The standard InChI is InChI=1S/C19H20FNO5/c1-24-15-8-9-16(17(11-15)25-2)21-18(22)12-26-19(23)10-5-13-3-6-14(20)7-4-13/h3-4,6-9,11H,5,10,12H2,1-2H3,(H,21,22). The summed E-state index contributed by atoms with van der Waals surface area (Å²) in [4.78, 5) is 23.7. The number of hydrogen-bond acceptors (Lipinski definition) is 5. The van der Waals surface area contributed by atoms with E-state index < -0.39 is 18.5 Å². The molecule has 2 aromatic rings. The summed E-state index contributed by atoms with van der Waals surface area (Å²) >= 11 is 0. The molecule has 0 aliphatic heterocycles. The lowest BCUT2D eigenvalue weighted by Gasteiger charge is -2.11. The number of amides is 1. The first-order valence-electron chi connectivity index (χ1n) is 7.93. The molecule has 0 fully saturated rings. The quantitative estimate of drug-likeness (QED) is 0.732. The molecular formula is C19H20FNO5. The van der Waals surface area contributed by atoms with Crippen LogP contribution in [0.25, 0.3) is 0 Å². The monoisotopic (exact) mass is 361 g/mol. The highest BCUT2D eigenvalue weighted by Gasteiger charge is 2.11. The second-order valence-electron chi connectivity index (χ2n) is 5.40. The van der Waals surface area contributed by atoms with Gasteiger partial charge in [-0.3, -0.25) is 9.59 Å². The van der Waals surface area contributed by atoms with E-state index in [0.29, 0.717) is 23.6 Å². The molecule has 26 heavy (non-hydrogen) atoms. The largest absolute Gasteiger partial charge is 0.497 e. The fourth-order valence-electron chi connectivity index (χ4n) is 2.20. The summed E-state index contributed by atoms with van der Waals surface area (Å²) in [7, 11) is 3.00. The molecule has 0 atom stereocenters. The van der Waals surface area contributed by atoms with Gasteiger partial charge in [-0.05, 0) is 36.2 Å². The van der Waals surface area contributed by atoms with Crippen LogP contribution in [0.1, 0.15) is 12.0 Å². The zero-order valence-corrected chi connectivity index (χ0v) is 14.6. The van der Waals surface area contributed by atoms with Crippen molar-refractivity contribution in [1.82, 2.24) is 0 Å². The Morgan fingerprint density at radius 3 is 2.42 bits per heavy atom. The highest BCUT2D eigenvalue weighted by atomic mass is 19.1. The van der Waals surface area contributed by atoms with E-state index in [0.717, 1.165) is 5.56 Å². The van der Waals surface area contributed by atoms with Crippen LogP contribution in [0.15, 0.2) is 42.5 Å². The first-order valence-corrected chi connectivity index (χ1v) is 7.93. The highest BCUT2D eigenvalue weighted by molar-refractivity contribution is 5.94. The second kappa shape index (κ2) is 9.41. The molecule has 2 aromatic carbocycles. The van der Waals surface area contributed by atoms with Crippen LogP contribution in [-0.2, 0) is 20.7 Å². The van der Waals surface area contributed by atoms with Gasteiger partial charge in [0.25, 0.3) is 5.91 Å². The minimum absolute atomic E-state index is 0.102. The molecule has 0 aromatic heterocycles. The van der Waals surface area contributed by atoms with E-state index >= 15 is 0 Å². The lowest BCUT2D eigenvalue weighted by molar-refractivity contribution is -0.147. The Balaban J connectivity index is 1.79. The summed E-state index contributed by atoms with van der Waals surface area (Å²) in [6.45, 7) is -0.405. The van der Waals surface area contributed by atoms with E-state index in [2.05, 4.69) is 5.32 Å². The van der Waals surface area contributed by atoms with Crippen LogP contribution in [0.3, 0.4) is 0 Å². The normalized spacial score (nSPS) is 10.1. The van der Waals surface area contributed by atoms with Crippen molar-refractivity contribution in [1.29, 1.82) is 0 Å². The van der Waals surface area contributed by atoms with Crippen LogP contribution in [0.2, 0.25) is 0 Å². The van der Waals surface area contributed by atoms with Crippen molar-refractivity contribution in [2.45, 2.75) is 12.8 Å². The topological polar surface area (TPSA) is 73.9 Å². The number of ether oxygens (including phenoxy) is 3. The molecular weight excluding hydrogens is 341 g/mol. The zero-order valence-electron chi connectivity index (χ0n) is 14.6. The molecule has 0 spiro atoms. The van der Waals surface area contributed by atoms with Crippen LogP contribution in [0, 0.1) is 5.82 Å². The van der Waals surface area contributed by atoms with Gasteiger partial charge in [0.2, 0.25) is 0 Å². The van der Waals surface area contributed by atoms with E-state index in [-0.39, 0.29) is 12.2 Å². The number of carbonyl (C=O) groups excluding carboxylic acids is 2. The van der Waals surface area contributed by atoms with Gasteiger partial charge in [-0.25, -0.2) is 4.39 Å². The first kappa shape index (κ1) is 19.2. The fraction of sp³-hybridized carbons (Fsp3) is 0.263. The molecule has 1 amide bonds. The fourth-order valence-corrected chi connectivity index (χ4v) is 2.20. The minimum Gasteiger partial charge on any atom is -0.497 e. The summed E-state index contributed by atoms with van der Waals surface area (Å²) in [5.41, 5.74) is 1.26. The van der Waals surface area contributed by atoms with Crippen LogP contribution >= 0.6 is 0 Å². The third-order valence-electron chi connectivity index (χ3n) is 3.58.